The molecule has 2 amide bonds. The van der Waals surface area contributed by atoms with E-state index in [1.54, 1.807) is 17.0 Å². The summed E-state index contributed by atoms with van der Waals surface area (Å²) in [6.07, 6.45) is 0.820. The summed E-state index contributed by atoms with van der Waals surface area (Å²) in [4.78, 5) is 13.9. The van der Waals surface area contributed by atoms with E-state index in [2.05, 4.69) is 21.2 Å². The highest BCUT2D eigenvalue weighted by molar-refractivity contribution is 9.10. The van der Waals surface area contributed by atoms with Crippen molar-refractivity contribution >= 4 is 22.0 Å². The number of hydrogen-bond acceptors (Lipinski definition) is 2. The van der Waals surface area contributed by atoms with Crippen LogP contribution in [0.25, 0.3) is 0 Å². The summed E-state index contributed by atoms with van der Waals surface area (Å²) in [7, 11) is 0. The van der Waals surface area contributed by atoms with Gasteiger partial charge >= 0.3 is 6.03 Å². The molecule has 2 rings (SSSR count). The molecule has 1 heterocycles. The number of hydrogen-bond donors (Lipinski definition) is 1. The van der Waals surface area contributed by atoms with E-state index in [-0.39, 0.29) is 24.4 Å². The number of carbonyl (C=O) groups is 1. The van der Waals surface area contributed by atoms with Crippen molar-refractivity contribution in [3.63, 3.8) is 0 Å². The number of benzene rings is 1. The second kappa shape index (κ2) is 7.04. The minimum absolute atomic E-state index is 0.132. The molecule has 0 aliphatic carbocycles. The molecule has 20 heavy (non-hydrogen) atoms. The van der Waals surface area contributed by atoms with Crippen molar-refractivity contribution in [3.05, 3.63) is 34.1 Å². The van der Waals surface area contributed by atoms with Crippen LogP contribution in [0.4, 0.5) is 9.18 Å². The van der Waals surface area contributed by atoms with Gasteiger partial charge in [-0.1, -0.05) is 22.0 Å². The maximum atomic E-state index is 13.7. The zero-order chi connectivity index (χ0) is 14.5. The summed E-state index contributed by atoms with van der Waals surface area (Å²) < 4.78 is 19.7. The molecule has 0 unspecified atom stereocenters. The average molecular weight is 345 g/mol. The molecule has 1 aliphatic heterocycles. The van der Waals surface area contributed by atoms with Crippen LogP contribution in [0.15, 0.2) is 22.7 Å². The fourth-order valence-corrected chi connectivity index (χ4v) is 2.47. The van der Waals surface area contributed by atoms with Gasteiger partial charge in [-0.3, -0.25) is 0 Å². The minimum atomic E-state index is -0.327. The van der Waals surface area contributed by atoms with Gasteiger partial charge in [-0.05, 0) is 25.5 Å². The molecule has 1 aromatic rings. The van der Waals surface area contributed by atoms with Gasteiger partial charge in [0.05, 0.1) is 6.61 Å². The molecule has 6 heteroatoms. The quantitative estimate of drug-likeness (QED) is 0.896. The maximum Gasteiger partial charge on any atom is 0.317 e. The molecule has 0 aromatic heterocycles. The minimum Gasteiger partial charge on any atom is -0.380 e. The highest BCUT2D eigenvalue weighted by Crippen LogP contribution is 2.15. The van der Waals surface area contributed by atoms with E-state index in [4.69, 9.17) is 4.74 Å². The first-order valence-electron chi connectivity index (χ1n) is 6.64. The first kappa shape index (κ1) is 15.3. The van der Waals surface area contributed by atoms with Crippen LogP contribution < -0.4 is 5.32 Å². The summed E-state index contributed by atoms with van der Waals surface area (Å²) in [5.74, 6) is -0.327. The first-order chi connectivity index (χ1) is 9.58. The lowest BCUT2D eigenvalue weighted by Gasteiger charge is -2.26. The Morgan fingerprint density at radius 3 is 3.10 bits per heavy atom. The van der Waals surface area contributed by atoms with Gasteiger partial charge in [0, 0.05) is 35.8 Å². The Kier molecular flexibility index (Phi) is 5.37. The van der Waals surface area contributed by atoms with Crippen LogP contribution in [0.1, 0.15) is 18.9 Å². The lowest BCUT2D eigenvalue weighted by atomic mass is 10.2. The maximum absolute atomic E-state index is 13.7. The summed E-state index contributed by atoms with van der Waals surface area (Å²) in [6.45, 7) is 3.96. The van der Waals surface area contributed by atoms with Crippen molar-refractivity contribution in [2.75, 3.05) is 19.8 Å². The van der Waals surface area contributed by atoms with Gasteiger partial charge in [0.25, 0.3) is 0 Å². The van der Waals surface area contributed by atoms with Crippen LogP contribution in [-0.4, -0.2) is 36.7 Å². The van der Waals surface area contributed by atoms with E-state index in [1.165, 1.54) is 6.07 Å². The molecule has 4 nitrogen and oxygen atoms in total. The van der Waals surface area contributed by atoms with Crippen molar-refractivity contribution < 1.29 is 13.9 Å². The third kappa shape index (κ3) is 3.93. The van der Waals surface area contributed by atoms with Crippen LogP contribution in [0.3, 0.4) is 0 Å². The van der Waals surface area contributed by atoms with Crippen LogP contribution in [0.5, 0.6) is 0 Å². The normalized spacial score (nSPS) is 19.6. The van der Waals surface area contributed by atoms with Gasteiger partial charge in [-0.25, -0.2) is 9.18 Å². The monoisotopic (exact) mass is 344 g/mol. The standard InChI is InChI=1S/C14H18BrFN2O2/c1-10-4-6-20-7-5-18(10)14(19)17-9-11-2-3-12(15)8-13(11)16/h2-3,8,10H,4-7,9H2,1H3,(H,17,19)/t10-/m1/s1. The SMILES string of the molecule is C[C@@H]1CCOCCN1C(=O)NCc1ccc(Br)cc1F. The Hall–Kier alpha value is -1.14. The Morgan fingerprint density at radius 2 is 2.35 bits per heavy atom. The second-order valence-corrected chi connectivity index (χ2v) is 5.75. The molecule has 1 atom stereocenters. The molecule has 1 N–H and O–H groups in total. The van der Waals surface area contributed by atoms with E-state index >= 15 is 0 Å². The Bertz CT molecular complexity index is 484. The zero-order valence-electron chi connectivity index (χ0n) is 11.4. The van der Waals surface area contributed by atoms with Gasteiger partial charge < -0.3 is 15.0 Å². The number of urea groups is 1. The Balaban J connectivity index is 1.93. The lowest BCUT2D eigenvalue weighted by Crippen LogP contribution is -2.45. The van der Waals surface area contributed by atoms with E-state index in [1.807, 2.05) is 6.92 Å². The summed E-state index contributed by atoms with van der Waals surface area (Å²) in [5, 5.41) is 2.76. The molecule has 1 saturated heterocycles. The zero-order valence-corrected chi connectivity index (χ0v) is 13.0. The van der Waals surface area contributed by atoms with E-state index in [0.29, 0.717) is 29.8 Å². The van der Waals surface area contributed by atoms with Gasteiger partial charge in [0.15, 0.2) is 0 Å². The molecular formula is C14H18BrFN2O2. The Morgan fingerprint density at radius 1 is 1.55 bits per heavy atom. The fraction of sp³-hybridized carbons (Fsp3) is 0.500. The van der Waals surface area contributed by atoms with E-state index in [0.717, 1.165) is 6.42 Å². The van der Waals surface area contributed by atoms with Gasteiger partial charge in [-0.2, -0.15) is 0 Å². The molecule has 1 aromatic carbocycles. The smallest absolute Gasteiger partial charge is 0.317 e. The highest BCUT2D eigenvalue weighted by atomic mass is 79.9. The second-order valence-electron chi connectivity index (χ2n) is 4.84. The molecule has 0 radical (unpaired) electrons. The summed E-state index contributed by atoms with van der Waals surface area (Å²) in [6, 6.07) is 4.77. The number of carbonyl (C=O) groups excluding carboxylic acids is 1. The van der Waals surface area contributed by atoms with Gasteiger partial charge in [0.2, 0.25) is 0 Å². The molecule has 1 fully saturated rings. The van der Waals surface area contributed by atoms with Crippen molar-refractivity contribution in [1.29, 1.82) is 0 Å². The van der Waals surface area contributed by atoms with Crippen LogP contribution in [0.2, 0.25) is 0 Å². The third-order valence-corrected chi connectivity index (χ3v) is 3.89. The molecule has 110 valence electrons. The first-order valence-corrected chi connectivity index (χ1v) is 7.43. The molecule has 0 bridgehead atoms. The molecular weight excluding hydrogens is 327 g/mol. The van der Waals surface area contributed by atoms with E-state index < -0.39 is 0 Å². The number of nitrogens with zero attached hydrogens (tertiary/aromatic N) is 1. The number of rotatable bonds is 2. The third-order valence-electron chi connectivity index (χ3n) is 3.39. The van der Waals surface area contributed by atoms with Crippen molar-refractivity contribution in [2.45, 2.75) is 25.9 Å². The average Bonchev–Trinajstić information content (AvgIpc) is 2.62. The predicted molar refractivity (Wildman–Crippen MR) is 77.9 cm³/mol. The Labute approximate surface area is 126 Å². The summed E-state index contributed by atoms with van der Waals surface area (Å²) in [5.41, 5.74) is 0.472. The fourth-order valence-electron chi connectivity index (χ4n) is 2.13. The van der Waals surface area contributed by atoms with Crippen molar-refractivity contribution in [1.82, 2.24) is 10.2 Å². The molecule has 1 aliphatic rings. The number of ether oxygens (including phenoxy) is 1. The molecule has 0 spiro atoms. The van der Waals surface area contributed by atoms with Crippen LogP contribution >= 0.6 is 15.9 Å². The van der Waals surface area contributed by atoms with Crippen molar-refractivity contribution in [3.8, 4) is 0 Å². The number of halogens is 2. The van der Waals surface area contributed by atoms with Crippen LogP contribution in [-0.2, 0) is 11.3 Å². The number of nitrogens with one attached hydrogen (secondary N) is 1. The van der Waals surface area contributed by atoms with Crippen LogP contribution in [0, 0.1) is 5.82 Å². The lowest BCUT2D eigenvalue weighted by molar-refractivity contribution is 0.142. The van der Waals surface area contributed by atoms with Gasteiger partial charge in [-0.15, -0.1) is 0 Å². The summed E-state index contributed by atoms with van der Waals surface area (Å²) >= 11 is 3.21. The van der Waals surface area contributed by atoms with Crippen molar-refractivity contribution in [2.24, 2.45) is 0 Å². The topological polar surface area (TPSA) is 41.6 Å². The largest absolute Gasteiger partial charge is 0.380 e. The highest BCUT2D eigenvalue weighted by Gasteiger charge is 2.22. The van der Waals surface area contributed by atoms with E-state index in [9.17, 15) is 9.18 Å². The number of amides is 2. The predicted octanol–water partition coefficient (Wildman–Crippen LogP) is 2.91. The van der Waals surface area contributed by atoms with Gasteiger partial charge in [0.1, 0.15) is 5.82 Å². The molecule has 0 saturated carbocycles.